The van der Waals surface area contributed by atoms with E-state index in [1.165, 1.54) is 6.26 Å². The molecule has 0 aliphatic carbocycles. The van der Waals surface area contributed by atoms with E-state index in [2.05, 4.69) is 5.32 Å². The van der Waals surface area contributed by atoms with Gasteiger partial charge < -0.3 is 24.0 Å². The number of nitrogens with one attached hydrogen (secondary N) is 1. The zero-order valence-electron chi connectivity index (χ0n) is 14.2. The summed E-state index contributed by atoms with van der Waals surface area (Å²) in [7, 11) is 3.89. The van der Waals surface area contributed by atoms with E-state index in [0.29, 0.717) is 12.3 Å². The molecule has 2 atom stereocenters. The molecular weight excluding hydrogens is 342 g/mol. The Labute approximate surface area is 150 Å². The molecule has 7 nitrogen and oxygen atoms in total. The van der Waals surface area contributed by atoms with Crippen LogP contribution in [0, 0.1) is 0 Å². The Bertz CT molecular complexity index is 700. The van der Waals surface area contributed by atoms with Gasteiger partial charge in [-0.15, -0.1) is 11.8 Å². The number of hydrogen-bond acceptors (Lipinski definition) is 6. The number of nitrogens with zero attached hydrogens (tertiary/aromatic N) is 2. The summed E-state index contributed by atoms with van der Waals surface area (Å²) in [5.41, 5.74) is 0.855. The van der Waals surface area contributed by atoms with Crippen LogP contribution in [0.1, 0.15) is 21.5 Å². The van der Waals surface area contributed by atoms with Crippen molar-refractivity contribution in [3.05, 3.63) is 48.3 Å². The first-order valence-corrected chi connectivity index (χ1v) is 9.05. The summed E-state index contributed by atoms with van der Waals surface area (Å²) < 4.78 is 10.4. The number of hydrogen-bond donors (Lipinski definition) is 1. The second kappa shape index (κ2) is 7.79. The molecule has 3 rings (SSSR count). The lowest BCUT2D eigenvalue weighted by Gasteiger charge is -2.27. The van der Waals surface area contributed by atoms with Crippen molar-refractivity contribution in [2.24, 2.45) is 0 Å². The normalized spacial score (nSPS) is 20.2. The minimum absolute atomic E-state index is 0.153. The van der Waals surface area contributed by atoms with E-state index in [1.54, 1.807) is 41.3 Å². The number of amides is 2. The van der Waals surface area contributed by atoms with Crippen LogP contribution in [0.2, 0.25) is 0 Å². The molecular formula is C17H21N3O4S. The monoisotopic (exact) mass is 363 g/mol. The van der Waals surface area contributed by atoms with E-state index in [9.17, 15) is 9.59 Å². The summed E-state index contributed by atoms with van der Waals surface area (Å²) in [6.45, 7) is 1.27. The largest absolute Gasteiger partial charge is 0.472 e. The molecule has 0 spiro atoms. The van der Waals surface area contributed by atoms with Crippen LogP contribution >= 0.6 is 11.8 Å². The Hall–Kier alpha value is -2.19. The second-order valence-corrected chi connectivity index (χ2v) is 7.16. The minimum atomic E-state index is -0.551. The lowest BCUT2D eigenvalue weighted by Crippen LogP contribution is -2.48. The van der Waals surface area contributed by atoms with Crippen molar-refractivity contribution in [2.75, 3.05) is 32.9 Å². The van der Waals surface area contributed by atoms with Crippen LogP contribution in [0.5, 0.6) is 0 Å². The molecule has 1 fully saturated rings. The zero-order chi connectivity index (χ0) is 17.8. The molecule has 1 saturated heterocycles. The van der Waals surface area contributed by atoms with E-state index >= 15 is 0 Å². The van der Waals surface area contributed by atoms with Crippen LogP contribution in [0.4, 0.5) is 0 Å². The van der Waals surface area contributed by atoms with Crippen LogP contribution < -0.4 is 5.32 Å². The highest BCUT2D eigenvalue weighted by molar-refractivity contribution is 7.99. The van der Waals surface area contributed by atoms with Crippen LogP contribution in [-0.4, -0.2) is 60.6 Å². The van der Waals surface area contributed by atoms with E-state index in [0.717, 1.165) is 12.1 Å². The molecule has 1 N–H and O–H groups in total. The van der Waals surface area contributed by atoms with E-state index in [-0.39, 0.29) is 22.9 Å². The highest BCUT2D eigenvalue weighted by Gasteiger charge is 2.43. The van der Waals surface area contributed by atoms with Gasteiger partial charge in [0.25, 0.3) is 5.91 Å². The van der Waals surface area contributed by atoms with Gasteiger partial charge in [-0.1, -0.05) is 0 Å². The molecule has 2 unspecified atom stereocenters. The SMILES string of the molecule is CN(C)CCNC(=O)C1CSC(c2ccoc2)N1C(=O)c1ccco1. The van der Waals surface area contributed by atoms with E-state index in [1.807, 2.05) is 25.1 Å². The van der Waals surface area contributed by atoms with Gasteiger partial charge in [-0.05, 0) is 32.3 Å². The number of rotatable bonds is 6. The van der Waals surface area contributed by atoms with Crippen molar-refractivity contribution in [3.8, 4) is 0 Å². The molecule has 1 aliphatic heterocycles. The number of carbonyl (C=O) groups is 2. The molecule has 0 aromatic carbocycles. The third-order valence-electron chi connectivity index (χ3n) is 3.96. The van der Waals surface area contributed by atoms with Crippen molar-refractivity contribution >= 4 is 23.6 Å². The lowest BCUT2D eigenvalue weighted by atomic mass is 10.2. The standard InChI is InChI=1S/C17H21N3O4S/c1-19(2)7-6-18-15(21)13-11-25-17(12-5-9-23-10-12)20(13)16(22)14-4-3-8-24-14/h3-5,8-10,13,17H,6-7,11H2,1-2H3,(H,18,21). The van der Waals surface area contributed by atoms with Crippen LogP contribution in [0.15, 0.2) is 45.8 Å². The quantitative estimate of drug-likeness (QED) is 0.843. The molecule has 2 aromatic rings. The fourth-order valence-corrected chi connectivity index (χ4v) is 4.08. The average molecular weight is 363 g/mol. The van der Waals surface area contributed by atoms with Gasteiger partial charge in [0, 0.05) is 24.4 Å². The van der Waals surface area contributed by atoms with Crippen molar-refractivity contribution < 1.29 is 18.4 Å². The Kier molecular flexibility index (Phi) is 5.50. The van der Waals surface area contributed by atoms with Gasteiger partial charge in [-0.25, -0.2) is 0 Å². The molecule has 8 heteroatoms. The van der Waals surface area contributed by atoms with E-state index < -0.39 is 6.04 Å². The van der Waals surface area contributed by atoms with Crippen molar-refractivity contribution in [1.29, 1.82) is 0 Å². The molecule has 2 aromatic heterocycles. The van der Waals surface area contributed by atoms with Crippen molar-refractivity contribution in [3.63, 3.8) is 0 Å². The van der Waals surface area contributed by atoms with Crippen molar-refractivity contribution in [1.82, 2.24) is 15.1 Å². The number of thioether (sulfide) groups is 1. The van der Waals surface area contributed by atoms with Gasteiger partial charge in [0.15, 0.2) is 5.76 Å². The molecule has 134 valence electrons. The summed E-state index contributed by atoms with van der Waals surface area (Å²) >= 11 is 1.54. The maximum atomic E-state index is 12.9. The fourth-order valence-electron chi connectivity index (χ4n) is 2.68. The van der Waals surface area contributed by atoms with Crippen LogP contribution in [-0.2, 0) is 4.79 Å². The lowest BCUT2D eigenvalue weighted by molar-refractivity contribution is -0.124. The van der Waals surface area contributed by atoms with Gasteiger partial charge in [0.1, 0.15) is 11.4 Å². The summed E-state index contributed by atoms with van der Waals surface area (Å²) in [5.74, 6) is 0.298. The molecule has 3 heterocycles. The molecule has 0 saturated carbocycles. The zero-order valence-corrected chi connectivity index (χ0v) is 15.0. The number of furan rings is 2. The van der Waals surface area contributed by atoms with Gasteiger partial charge in [0.2, 0.25) is 5.91 Å². The molecule has 25 heavy (non-hydrogen) atoms. The average Bonchev–Trinajstić information content (AvgIpc) is 3.33. The summed E-state index contributed by atoms with van der Waals surface area (Å²) in [4.78, 5) is 29.1. The predicted octanol–water partition coefficient (Wildman–Crippen LogP) is 1.81. The smallest absolute Gasteiger partial charge is 0.291 e. The maximum absolute atomic E-state index is 12.9. The van der Waals surface area contributed by atoms with Gasteiger partial charge in [0.05, 0.1) is 18.8 Å². The van der Waals surface area contributed by atoms with Gasteiger partial charge in [-0.3, -0.25) is 9.59 Å². The summed E-state index contributed by atoms with van der Waals surface area (Å²) in [6, 6.07) is 4.53. The first kappa shape index (κ1) is 17.6. The highest BCUT2D eigenvalue weighted by atomic mass is 32.2. The molecule has 2 amide bonds. The van der Waals surface area contributed by atoms with Gasteiger partial charge in [-0.2, -0.15) is 0 Å². The third kappa shape index (κ3) is 3.91. The number of likely N-dealkylation sites (N-methyl/N-ethyl adjacent to an activating group) is 1. The summed E-state index contributed by atoms with van der Waals surface area (Å²) in [5, 5.41) is 2.63. The fraction of sp³-hybridized carbons (Fsp3) is 0.412. The maximum Gasteiger partial charge on any atom is 0.291 e. The molecule has 0 radical (unpaired) electrons. The second-order valence-electron chi connectivity index (χ2n) is 6.04. The Morgan fingerprint density at radius 1 is 1.36 bits per heavy atom. The van der Waals surface area contributed by atoms with Crippen molar-refractivity contribution in [2.45, 2.75) is 11.4 Å². The van der Waals surface area contributed by atoms with Crippen LogP contribution in [0.3, 0.4) is 0 Å². The van der Waals surface area contributed by atoms with Gasteiger partial charge >= 0.3 is 0 Å². The third-order valence-corrected chi connectivity index (χ3v) is 5.28. The topological polar surface area (TPSA) is 78.9 Å². The Morgan fingerprint density at radius 2 is 2.20 bits per heavy atom. The first-order valence-electron chi connectivity index (χ1n) is 8.00. The Balaban J connectivity index is 1.79. The summed E-state index contributed by atoms with van der Waals surface area (Å²) in [6.07, 6.45) is 4.62. The Morgan fingerprint density at radius 3 is 2.84 bits per heavy atom. The highest BCUT2D eigenvalue weighted by Crippen LogP contribution is 2.42. The minimum Gasteiger partial charge on any atom is -0.472 e. The number of carbonyl (C=O) groups excluding carboxylic acids is 2. The predicted molar refractivity (Wildman–Crippen MR) is 94.1 cm³/mol. The first-order chi connectivity index (χ1) is 12.1. The van der Waals surface area contributed by atoms with E-state index in [4.69, 9.17) is 8.83 Å². The molecule has 0 bridgehead atoms. The molecule has 1 aliphatic rings. The van der Waals surface area contributed by atoms with Crippen LogP contribution in [0.25, 0.3) is 0 Å².